The molecule has 0 spiro atoms. The van der Waals surface area contributed by atoms with Crippen LogP contribution in [0.4, 0.5) is 0 Å². The van der Waals surface area contributed by atoms with E-state index in [2.05, 4.69) is 5.32 Å². The van der Waals surface area contributed by atoms with Crippen molar-refractivity contribution < 1.29 is 13.2 Å². The van der Waals surface area contributed by atoms with Crippen molar-refractivity contribution in [2.45, 2.75) is 37.6 Å². The lowest BCUT2D eigenvalue weighted by Gasteiger charge is -2.20. The van der Waals surface area contributed by atoms with Crippen LogP contribution in [-0.4, -0.2) is 25.1 Å². The number of aromatic nitrogens is 1. The molecule has 3 aromatic carbocycles. The Morgan fingerprint density at radius 3 is 2.15 bits per heavy atom. The molecule has 4 rings (SSSR count). The molecule has 1 aromatic heterocycles. The summed E-state index contributed by atoms with van der Waals surface area (Å²) in [5.41, 5.74) is 3.27. The summed E-state index contributed by atoms with van der Waals surface area (Å²) < 4.78 is 26.7. The fourth-order valence-electron chi connectivity index (χ4n) is 4.22. The summed E-state index contributed by atoms with van der Waals surface area (Å²) in [6.07, 6.45) is 0.670. The molecule has 4 aromatic rings. The number of carbonyl (C=O) groups is 1. The quantitative estimate of drug-likeness (QED) is 0.367. The lowest BCUT2D eigenvalue weighted by molar-refractivity contribution is -0.121. The fraction of sp³-hybridized carbons (Fsp3) is 0.214. The third-order valence-electron chi connectivity index (χ3n) is 5.97. The number of para-hydroxylation sites is 1. The van der Waals surface area contributed by atoms with E-state index in [4.69, 9.17) is 4.98 Å². The van der Waals surface area contributed by atoms with Gasteiger partial charge in [-0.1, -0.05) is 92.7 Å². The second-order valence-electron chi connectivity index (χ2n) is 8.17. The summed E-state index contributed by atoms with van der Waals surface area (Å²) in [7, 11) is -3.67. The van der Waals surface area contributed by atoms with Crippen LogP contribution in [0.25, 0.3) is 22.2 Å². The molecule has 34 heavy (non-hydrogen) atoms. The highest BCUT2D eigenvalue weighted by atomic mass is 32.2. The van der Waals surface area contributed by atoms with Gasteiger partial charge in [0.2, 0.25) is 5.91 Å². The van der Waals surface area contributed by atoms with Crippen LogP contribution in [0.1, 0.15) is 37.4 Å². The number of amides is 1. The average molecular weight is 473 g/mol. The molecular weight excluding hydrogens is 444 g/mol. The highest BCUT2D eigenvalue weighted by Crippen LogP contribution is 2.34. The Morgan fingerprint density at radius 2 is 1.50 bits per heavy atom. The molecule has 6 heteroatoms. The summed E-state index contributed by atoms with van der Waals surface area (Å²) in [6.45, 7) is 3.63. The molecule has 0 bridgehead atoms. The molecule has 0 saturated heterocycles. The van der Waals surface area contributed by atoms with E-state index in [1.807, 2.05) is 91.9 Å². The Labute approximate surface area is 200 Å². The first-order valence-corrected chi connectivity index (χ1v) is 13.1. The van der Waals surface area contributed by atoms with Gasteiger partial charge in [-0.25, -0.2) is 13.4 Å². The first-order chi connectivity index (χ1) is 16.4. The molecule has 0 aliphatic carbocycles. The van der Waals surface area contributed by atoms with E-state index in [1.165, 1.54) is 0 Å². The van der Waals surface area contributed by atoms with Crippen molar-refractivity contribution >= 4 is 26.6 Å². The summed E-state index contributed by atoms with van der Waals surface area (Å²) in [6, 6.07) is 26.3. The van der Waals surface area contributed by atoms with Gasteiger partial charge >= 0.3 is 0 Å². The number of rotatable bonds is 8. The van der Waals surface area contributed by atoms with Gasteiger partial charge in [-0.3, -0.25) is 4.79 Å². The van der Waals surface area contributed by atoms with Gasteiger partial charge < -0.3 is 5.32 Å². The first kappa shape index (κ1) is 23.6. The van der Waals surface area contributed by atoms with Gasteiger partial charge in [0.15, 0.2) is 9.84 Å². The van der Waals surface area contributed by atoms with E-state index >= 15 is 0 Å². The van der Waals surface area contributed by atoms with Crippen molar-refractivity contribution in [1.29, 1.82) is 0 Å². The smallest absolute Gasteiger partial charge is 0.224 e. The predicted octanol–water partition coefficient (Wildman–Crippen LogP) is 5.51. The zero-order valence-corrected chi connectivity index (χ0v) is 20.2. The molecule has 1 heterocycles. The predicted molar refractivity (Wildman–Crippen MR) is 136 cm³/mol. The number of sulfone groups is 1. The maximum Gasteiger partial charge on any atom is 0.224 e. The van der Waals surface area contributed by atoms with Gasteiger partial charge in [-0.05, 0) is 23.6 Å². The van der Waals surface area contributed by atoms with E-state index in [-0.39, 0.29) is 29.0 Å². The second-order valence-corrected chi connectivity index (χ2v) is 10.4. The minimum absolute atomic E-state index is 0.0548. The van der Waals surface area contributed by atoms with Gasteiger partial charge in [0.25, 0.3) is 0 Å². The van der Waals surface area contributed by atoms with Gasteiger partial charge in [0, 0.05) is 10.9 Å². The molecule has 5 nitrogen and oxygen atoms in total. The van der Waals surface area contributed by atoms with Crippen LogP contribution in [0.15, 0.2) is 89.8 Å². The number of nitrogens with zero attached hydrogens (tertiary/aromatic N) is 1. The lowest BCUT2D eigenvalue weighted by atomic mass is 10.00. The highest BCUT2D eigenvalue weighted by Gasteiger charge is 2.27. The summed E-state index contributed by atoms with van der Waals surface area (Å²) in [5, 5.41) is 3.78. The fourth-order valence-corrected chi connectivity index (χ4v) is 5.53. The number of benzene rings is 3. The Kier molecular flexibility index (Phi) is 7.08. The summed E-state index contributed by atoms with van der Waals surface area (Å²) in [4.78, 5) is 18.2. The summed E-state index contributed by atoms with van der Waals surface area (Å²) in [5.74, 6) is -0.304. The minimum Gasteiger partial charge on any atom is -0.349 e. The molecule has 1 N–H and O–H groups in total. The van der Waals surface area contributed by atoms with Crippen LogP contribution in [-0.2, 0) is 21.1 Å². The van der Waals surface area contributed by atoms with Crippen molar-refractivity contribution in [3.63, 3.8) is 0 Å². The van der Waals surface area contributed by atoms with E-state index < -0.39 is 9.84 Å². The third-order valence-corrected chi connectivity index (χ3v) is 7.79. The number of hydrogen-bond donors (Lipinski definition) is 1. The average Bonchev–Trinajstić information content (AvgIpc) is 2.88. The number of pyridine rings is 1. The molecule has 0 fully saturated rings. The maximum atomic E-state index is 13.4. The van der Waals surface area contributed by atoms with Crippen molar-refractivity contribution in [3.8, 4) is 11.3 Å². The molecule has 0 saturated carbocycles. The molecule has 0 aliphatic heterocycles. The van der Waals surface area contributed by atoms with Crippen molar-refractivity contribution in [2.24, 2.45) is 0 Å². The van der Waals surface area contributed by atoms with Crippen molar-refractivity contribution in [2.75, 3.05) is 5.75 Å². The SMILES string of the molecule is CC[C@H](NC(=O)Cc1c(S(=O)(=O)CC)c(-c2ccccc2)nc2ccccc12)c1ccccc1. The molecule has 1 atom stereocenters. The molecule has 1 amide bonds. The summed E-state index contributed by atoms with van der Waals surface area (Å²) >= 11 is 0. The third kappa shape index (κ3) is 4.87. The van der Waals surface area contributed by atoms with Crippen LogP contribution >= 0.6 is 0 Å². The number of hydrogen-bond acceptors (Lipinski definition) is 4. The molecule has 0 aliphatic rings. The van der Waals surface area contributed by atoms with Gasteiger partial charge in [0.05, 0.1) is 34.3 Å². The Balaban J connectivity index is 1.85. The van der Waals surface area contributed by atoms with Gasteiger partial charge in [0.1, 0.15) is 0 Å². The monoisotopic (exact) mass is 472 g/mol. The Bertz CT molecular complexity index is 1400. The molecule has 0 unspecified atom stereocenters. The maximum absolute atomic E-state index is 13.4. The Hall–Kier alpha value is -3.51. The normalized spacial score (nSPS) is 12.4. The van der Waals surface area contributed by atoms with E-state index in [1.54, 1.807) is 6.92 Å². The largest absolute Gasteiger partial charge is 0.349 e. The van der Waals surface area contributed by atoms with Crippen LogP contribution < -0.4 is 5.32 Å². The second kappa shape index (κ2) is 10.2. The number of fused-ring (bicyclic) bond motifs is 1. The lowest BCUT2D eigenvalue weighted by Crippen LogP contribution is -2.30. The number of carbonyl (C=O) groups excluding carboxylic acids is 1. The van der Waals surface area contributed by atoms with Crippen molar-refractivity contribution in [1.82, 2.24) is 10.3 Å². The Morgan fingerprint density at radius 1 is 0.882 bits per heavy atom. The van der Waals surface area contributed by atoms with Crippen LogP contribution in [0, 0.1) is 0 Å². The zero-order chi connectivity index (χ0) is 24.1. The zero-order valence-electron chi connectivity index (χ0n) is 19.4. The van der Waals surface area contributed by atoms with E-state index in [0.717, 1.165) is 12.0 Å². The topological polar surface area (TPSA) is 76.1 Å². The van der Waals surface area contributed by atoms with Crippen molar-refractivity contribution in [3.05, 3.63) is 96.1 Å². The molecular formula is C28H28N2O3S. The highest BCUT2D eigenvalue weighted by molar-refractivity contribution is 7.91. The first-order valence-electron chi connectivity index (χ1n) is 11.5. The van der Waals surface area contributed by atoms with Crippen LogP contribution in [0.3, 0.4) is 0 Å². The molecule has 0 radical (unpaired) electrons. The van der Waals surface area contributed by atoms with Crippen LogP contribution in [0.5, 0.6) is 0 Å². The van der Waals surface area contributed by atoms with E-state index in [9.17, 15) is 13.2 Å². The van der Waals surface area contributed by atoms with E-state index in [0.29, 0.717) is 27.7 Å². The molecule has 174 valence electrons. The minimum atomic E-state index is -3.67. The van der Waals surface area contributed by atoms with Crippen LogP contribution in [0.2, 0.25) is 0 Å². The standard InChI is InChI=1S/C28H28N2O3S/c1-3-24(20-13-7-5-8-14-20)29-26(31)19-23-22-17-11-12-18-25(22)30-27(21-15-9-6-10-16-21)28(23)34(32,33)4-2/h5-18,24H,3-4,19H2,1-2H3,(H,29,31)/t24-/m0/s1. The number of nitrogens with one attached hydrogen (secondary N) is 1. The van der Waals surface area contributed by atoms with Gasteiger partial charge in [-0.2, -0.15) is 0 Å². The van der Waals surface area contributed by atoms with Gasteiger partial charge in [-0.15, -0.1) is 0 Å².